The van der Waals surface area contributed by atoms with Gasteiger partial charge >= 0.3 is 0 Å². The van der Waals surface area contributed by atoms with E-state index in [1.54, 1.807) is 5.57 Å². The minimum absolute atomic E-state index is 0.261. The van der Waals surface area contributed by atoms with Crippen LogP contribution in [0.3, 0.4) is 0 Å². The Hall–Kier alpha value is 0.160. The van der Waals surface area contributed by atoms with Crippen LogP contribution >= 0.6 is 45.2 Å². The second-order valence-electron chi connectivity index (χ2n) is 5.48. The second kappa shape index (κ2) is 5.65. The van der Waals surface area contributed by atoms with E-state index in [2.05, 4.69) is 96.0 Å². The maximum absolute atomic E-state index is 3.76. The van der Waals surface area contributed by atoms with Crippen molar-refractivity contribution in [2.45, 2.75) is 20.3 Å². The van der Waals surface area contributed by atoms with Gasteiger partial charge in [0.15, 0.2) is 0 Å². The maximum Gasteiger partial charge on any atom is 0.0129 e. The van der Waals surface area contributed by atoms with Gasteiger partial charge in [0.2, 0.25) is 0 Å². The molecule has 0 amide bonds. The molecule has 0 N–H and O–H groups in total. The molecule has 0 aromatic carbocycles. The minimum Gasteiger partial charge on any atom is -0.0990 e. The van der Waals surface area contributed by atoms with Crippen molar-refractivity contribution in [3.05, 3.63) is 55.8 Å². The number of halogens is 2. The normalized spacial score (nSPS) is 32.3. The van der Waals surface area contributed by atoms with Crippen molar-refractivity contribution in [1.82, 2.24) is 0 Å². The van der Waals surface area contributed by atoms with E-state index in [1.807, 2.05) is 6.08 Å². The third kappa shape index (κ3) is 2.84. The number of fused-ring (bicyclic) bond motifs is 1. The molecule has 0 spiro atoms. The summed E-state index contributed by atoms with van der Waals surface area (Å²) in [5.74, 6) is 1.33. The van der Waals surface area contributed by atoms with Gasteiger partial charge in [0.25, 0.3) is 0 Å². The third-order valence-electron chi connectivity index (χ3n) is 4.01. The Morgan fingerprint density at radius 1 is 1.50 bits per heavy atom. The largest absolute Gasteiger partial charge is 0.0990 e. The lowest BCUT2D eigenvalue weighted by atomic mass is 9.75. The van der Waals surface area contributed by atoms with Crippen molar-refractivity contribution in [2.24, 2.45) is 17.3 Å². The van der Waals surface area contributed by atoms with E-state index >= 15 is 0 Å². The Labute approximate surface area is 137 Å². The summed E-state index contributed by atoms with van der Waals surface area (Å²) in [7, 11) is 0. The summed E-state index contributed by atoms with van der Waals surface area (Å²) in [5.41, 5.74) is 1.82. The summed E-state index contributed by atoms with van der Waals surface area (Å²) in [6, 6.07) is 0. The first-order valence-electron chi connectivity index (χ1n) is 6.20. The van der Waals surface area contributed by atoms with Crippen LogP contribution in [0.5, 0.6) is 0 Å². The number of hydrogen-bond acceptors (Lipinski definition) is 0. The van der Waals surface area contributed by atoms with Crippen LogP contribution in [0.15, 0.2) is 55.8 Å². The van der Waals surface area contributed by atoms with Crippen LogP contribution in [0.4, 0.5) is 0 Å². The van der Waals surface area contributed by atoms with Crippen molar-refractivity contribution in [3.8, 4) is 0 Å². The highest BCUT2D eigenvalue weighted by Gasteiger charge is 2.44. The van der Waals surface area contributed by atoms with E-state index in [0.717, 1.165) is 0 Å². The molecule has 0 aromatic rings. The molecule has 2 atom stereocenters. The standard InChI is InChI=1S/C16H18I2/c1-4-5-13(17)9-12-8-11-6-7-14(18)10-15(11)16(12,2)3/h4-7,9-11,15H,1,8H2,2-3H3/b12-9+,13-5+/t11?,15-/m0/s1. The fourth-order valence-corrected chi connectivity index (χ4v) is 4.15. The van der Waals surface area contributed by atoms with Crippen molar-refractivity contribution in [2.75, 3.05) is 0 Å². The van der Waals surface area contributed by atoms with Gasteiger partial charge in [0, 0.05) is 7.16 Å². The molecule has 2 heteroatoms. The SMILES string of the molecule is C=C/C=C(I)\C=C1/CC2C=CC(I)=C[C@@H]2C1(C)C. The Morgan fingerprint density at radius 2 is 2.22 bits per heavy atom. The van der Waals surface area contributed by atoms with E-state index in [4.69, 9.17) is 0 Å². The Kier molecular flexibility index (Phi) is 4.57. The molecule has 1 unspecified atom stereocenters. The molecule has 1 fully saturated rings. The zero-order valence-electron chi connectivity index (χ0n) is 10.8. The van der Waals surface area contributed by atoms with E-state index in [0.29, 0.717) is 11.8 Å². The van der Waals surface area contributed by atoms with Crippen LogP contribution in [0.1, 0.15) is 20.3 Å². The molecule has 0 bridgehead atoms. The average molecular weight is 464 g/mol. The van der Waals surface area contributed by atoms with Crippen molar-refractivity contribution in [3.63, 3.8) is 0 Å². The van der Waals surface area contributed by atoms with Gasteiger partial charge in [0.05, 0.1) is 0 Å². The van der Waals surface area contributed by atoms with Crippen LogP contribution in [-0.2, 0) is 0 Å². The highest BCUT2D eigenvalue weighted by Crippen LogP contribution is 2.54. The highest BCUT2D eigenvalue weighted by atomic mass is 127. The first-order valence-corrected chi connectivity index (χ1v) is 8.35. The van der Waals surface area contributed by atoms with Crippen LogP contribution in [0.2, 0.25) is 0 Å². The average Bonchev–Trinajstić information content (AvgIpc) is 2.52. The Balaban J connectivity index is 2.35. The molecule has 0 heterocycles. The van der Waals surface area contributed by atoms with Crippen molar-refractivity contribution in [1.29, 1.82) is 0 Å². The molecular weight excluding hydrogens is 446 g/mol. The molecule has 2 rings (SSSR count). The van der Waals surface area contributed by atoms with Gasteiger partial charge in [-0.1, -0.05) is 50.3 Å². The van der Waals surface area contributed by atoms with Crippen LogP contribution < -0.4 is 0 Å². The summed E-state index contributed by atoms with van der Waals surface area (Å²) >= 11 is 4.81. The molecule has 0 nitrogen and oxygen atoms in total. The monoisotopic (exact) mass is 464 g/mol. The molecule has 0 aliphatic heterocycles. The van der Waals surface area contributed by atoms with E-state index < -0.39 is 0 Å². The fraction of sp³-hybridized carbons (Fsp3) is 0.375. The van der Waals surface area contributed by atoms with Crippen molar-refractivity contribution >= 4 is 45.2 Å². The summed E-state index contributed by atoms with van der Waals surface area (Å²) in [5, 5.41) is 0. The zero-order chi connectivity index (χ0) is 13.3. The number of allylic oxidation sites excluding steroid dienone is 9. The van der Waals surface area contributed by atoms with Crippen molar-refractivity contribution < 1.29 is 0 Å². The lowest BCUT2D eigenvalue weighted by Crippen LogP contribution is -2.22. The molecule has 2 aliphatic rings. The van der Waals surface area contributed by atoms with Gasteiger partial charge in [-0.25, -0.2) is 0 Å². The second-order valence-corrected chi connectivity index (χ2v) is 7.97. The van der Waals surface area contributed by atoms with E-state index in [-0.39, 0.29) is 5.41 Å². The first-order chi connectivity index (χ1) is 8.45. The molecular formula is C16H18I2. The highest BCUT2D eigenvalue weighted by molar-refractivity contribution is 14.1. The molecule has 2 aliphatic carbocycles. The third-order valence-corrected chi connectivity index (χ3v) is 5.40. The van der Waals surface area contributed by atoms with Gasteiger partial charge in [-0.15, -0.1) is 0 Å². The number of hydrogen-bond donors (Lipinski definition) is 0. The zero-order valence-corrected chi connectivity index (χ0v) is 15.1. The molecule has 1 saturated carbocycles. The van der Waals surface area contributed by atoms with Crippen LogP contribution in [0.25, 0.3) is 0 Å². The van der Waals surface area contributed by atoms with Gasteiger partial charge in [-0.3, -0.25) is 0 Å². The fourth-order valence-electron chi connectivity index (χ4n) is 2.93. The van der Waals surface area contributed by atoms with Crippen LogP contribution in [0, 0.1) is 17.3 Å². The van der Waals surface area contributed by atoms with Gasteiger partial charge in [-0.05, 0) is 81.0 Å². The smallest absolute Gasteiger partial charge is 0.0129 e. The molecule has 0 radical (unpaired) electrons. The molecule has 18 heavy (non-hydrogen) atoms. The molecule has 0 aromatic heterocycles. The first kappa shape index (κ1) is 14.6. The predicted molar refractivity (Wildman–Crippen MR) is 97.0 cm³/mol. The Morgan fingerprint density at radius 3 is 2.89 bits per heavy atom. The van der Waals surface area contributed by atoms with E-state index in [9.17, 15) is 0 Å². The van der Waals surface area contributed by atoms with Crippen LogP contribution in [-0.4, -0.2) is 0 Å². The quantitative estimate of drug-likeness (QED) is 0.349. The summed E-state index contributed by atoms with van der Waals surface area (Å²) in [6.45, 7) is 8.51. The topological polar surface area (TPSA) is 0 Å². The Bertz CT molecular complexity index is 475. The van der Waals surface area contributed by atoms with Gasteiger partial charge < -0.3 is 0 Å². The number of rotatable bonds is 2. The predicted octanol–water partition coefficient (Wildman–Crippen LogP) is 5.97. The van der Waals surface area contributed by atoms with Gasteiger partial charge in [-0.2, -0.15) is 0 Å². The molecule has 0 saturated heterocycles. The summed E-state index contributed by atoms with van der Waals surface area (Å²) in [6.07, 6.45) is 14.5. The summed E-state index contributed by atoms with van der Waals surface area (Å²) < 4.78 is 2.64. The van der Waals surface area contributed by atoms with Gasteiger partial charge in [0.1, 0.15) is 0 Å². The maximum atomic E-state index is 3.76. The summed E-state index contributed by atoms with van der Waals surface area (Å²) in [4.78, 5) is 0. The molecule has 96 valence electrons. The lowest BCUT2D eigenvalue weighted by Gasteiger charge is -2.30. The lowest BCUT2D eigenvalue weighted by molar-refractivity contribution is 0.330. The minimum atomic E-state index is 0.261. The van der Waals surface area contributed by atoms with E-state index in [1.165, 1.54) is 13.6 Å².